The van der Waals surface area contributed by atoms with Gasteiger partial charge in [-0.25, -0.2) is 8.42 Å². The second-order valence-corrected chi connectivity index (χ2v) is 9.34. The number of hydrogen-bond donors (Lipinski definition) is 1. The zero-order valence-electron chi connectivity index (χ0n) is 12.7. The maximum Gasteiger partial charge on any atom is 0.234 e. The molecular formula is C15H22N2O3S2. The summed E-state index contributed by atoms with van der Waals surface area (Å²) in [6.07, 6.45) is 2.52. The van der Waals surface area contributed by atoms with Gasteiger partial charge >= 0.3 is 0 Å². The van der Waals surface area contributed by atoms with Crippen LogP contribution >= 0.6 is 11.3 Å². The number of nitrogens with zero attached hydrogens (tertiary/aromatic N) is 1. The molecule has 122 valence electrons. The third-order valence-corrected chi connectivity index (χ3v) is 7.30. The number of hydrogen-bond acceptors (Lipinski definition) is 5. The van der Waals surface area contributed by atoms with Crippen LogP contribution in [0.1, 0.15) is 36.2 Å². The average Bonchev–Trinajstić information content (AvgIpc) is 3.04. The summed E-state index contributed by atoms with van der Waals surface area (Å²) in [6, 6.07) is 2.26. The van der Waals surface area contributed by atoms with Crippen LogP contribution in [0.25, 0.3) is 0 Å². The van der Waals surface area contributed by atoms with Crippen LogP contribution in [0.3, 0.4) is 0 Å². The first-order valence-corrected chi connectivity index (χ1v) is 10.5. The van der Waals surface area contributed by atoms with Gasteiger partial charge in [-0.3, -0.25) is 9.69 Å². The maximum absolute atomic E-state index is 12.2. The zero-order chi connectivity index (χ0) is 15.7. The van der Waals surface area contributed by atoms with E-state index >= 15 is 0 Å². The second-order valence-electron chi connectivity index (χ2n) is 6.11. The lowest BCUT2D eigenvalue weighted by Crippen LogP contribution is -2.45. The molecule has 3 rings (SSSR count). The predicted octanol–water partition coefficient (Wildman–Crippen LogP) is 1.36. The average molecular weight is 342 g/mol. The van der Waals surface area contributed by atoms with E-state index < -0.39 is 9.84 Å². The molecule has 0 aliphatic carbocycles. The van der Waals surface area contributed by atoms with E-state index in [0.29, 0.717) is 19.0 Å². The van der Waals surface area contributed by atoms with Gasteiger partial charge in [-0.05, 0) is 36.3 Å². The lowest BCUT2D eigenvalue weighted by Gasteiger charge is -2.35. The van der Waals surface area contributed by atoms with Gasteiger partial charge < -0.3 is 5.32 Å². The van der Waals surface area contributed by atoms with Gasteiger partial charge in [0.05, 0.1) is 18.1 Å². The van der Waals surface area contributed by atoms with E-state index in [1.165, 1.54) is 10.4 Å². The first-order chi connectivity index (χ1) is 10.5. The first-order valence-electron chi connectivity index (χ1n) is 7.78. The number of thiophene rings is 1. The summed E-state index contributed by atoms with van der Waals surface area (Å²) in [5, 5.41) is 5.01. The molecule has 2 aliphatic heterocycles. The Kier molecular flexibility index (Phi) is 4.56. The quantitative estimate of drug-likeness (QED) is 0.897. The molecule has 7 heteroatoms. The van der Waals surface area contributed by atoms with Gasteiger partial charge in [0.25, 0.3) is 0 Å². The van der Waals surface area contributed by atoms with Crippen LogP contribution < -0.4 is 5.32 Å². The van der Waals surface area contributed by atoms with Crippen LogP contribution in [0.15, 0.2) is 11.4 Å². The van der Waals surface area contributed by atoms with Crippen LogP contribution in [0.4, 0.5) is 0 Å². The van der Waals surface area contributed by atoms with E-state index in [2.05, 4.69) is 28.6 Å². The summed E-state index contributed by atoms with van der Waals surface area (Å²) in [4.78, 5) is 15.9. The first kappa shape index (κ1) is 16.0. The van der Waals surface area contributed by atoms with E-state index in [1.807, 2.05) is 0 Å². The third kappa shape index (κ3) is 3.36. The van der Waals surface area contributed by atoms with Crippen molar-refractivity contribution in [2.75, 3.05) is 24.6 Å². The molecule has 1 aromatic rings. The van der Waals surface area contributed by atoms with Crippen molar-refractivity contribution < 1.29 is 13.2 Å². The Bertz CT molecular complexity index is 653. The molecule has 2 atom stereocenters. The molecule has 0 unspecified atom stereocenters. The normalized spacial score (nSPS) is 27.5. The summed E-state index contributed by atoms with van der Waals surface area (Å²) in [5.41, 5.74) is 1.36. The smallest absolute Gasteiger partial charge is 0.234 e. The number of sulfone groups is 1. The van der Waals surface area contributed by atoms with Crippen LogP contribution in [0, 0.1) is 0 Å². The standard InChI is InChI=1S/C15H22N2O3S2/c1-2-13-12-4-7-21-14(12)3-6-17(13)9-15(18)16-11-5-8-22(19,20)10-11/h4,7,11,13H,2-3,5-6,8-10H2,1H3,(H,16,18)/t11-,13-/m0/s1. The Hall–Kier alpha value is -0.920. The highest BCUT2D eigenvalue weighted by molar-refractivity contribution is 7.91. The van der Waals surface area contributed by atoms with Gasteiger partial charge in [0, 0.05) is 23.5 Å². The molecule has 1 amide bonds. The molecule has 1 aromatic heterocycles. The number of rotatable bonds is 4. The van der Waals surface area contributed by atoms with Gasteiger partial charge in [-0.15, -0.1) is 11.3 Å². The fraction of sp³-hybridized carbons (Fsp3) is 0.667. The number of fused-ring (bicyclic) bond motifs is 1. The summed E-state index contributed by atoms with van der Waals surface area (Å²) in [5.74, 6) is 0.224. The Labute approximate surface area is 135 Å². The molecular weight excluding hydrogens is 320 g/mol. The Balaban J connectivity index is 1.60. The number of carbonyl (C=O) groups excluding carboxylic acids is 1. The van der Waals surface area contributed by atoms with Crippen LogP contribution in [-0.2, 0) is 21.1 Å². The summed E-state index contributed by atoms with van der Waals surface area (Å²) < 4.78 is 22.9. The van der Waals surface area contributed by atoms with E-state index in [0.717, 1.165) is 19.4 Å². The fourth-order valence-corrected chi connectivity index (χ4v) is 6.08. The largest absolute Gasteiger partial charge is 0.351 e. The van der Waals surface area contributed by atoms with Crippen molar-refractivity contribution in [1.82, 2.24) is 10.2 Å². The van der Waals surface area contributed by atoms with Crippen molar-refractivity contribution in [3.63, 3.8) is 0 Å². The van der Waals surface area contributed by atoms with Gasteiger partial charge in [0.2, 0.25) is 5.91 Å². The van der Waals surface area contributed by atoms with Crippen molar-refractivity contribution in [3.8, 4) is 0 Å². The minimum atomic E-state index is -2.95. The summed E-state index contributed by atoms with van der Waals surface area (Å²) >= 11 is 1.80. The molecule has 0 radical (unpaired) electrons. The Morgan fingerprint density at radius 1 is 1.50 bits per heavy atom. The second kappa shape index (κ2) is 6.29. The fourth-order valence-electron chi connectivity index (χ4n) is 3.48. The number of amides is 1. The molecule has 0 spiro atoms. The minimum Gasteiger partial charge on any atom is -0.351 e. The number of carbonyl (C=O) groups is 1. The van der Waals surface area contributed by atoms with Crippen LogP contribution in [0.2, 0.25) is 0 Å². The summed E-state index contributed by atoms with van der Waals surface area (Å²) in [6.45, 7) is 3.39. The van der Waals surface area contributed by atoms with Crippen molar-refractivity contribution >= 4 is 27.1 Å². The Morgan fingerprint density at radius 3 is 3.00 bits per heavy atom. The molecule has 5 nitrogen and oxygen atoms in total. The predicted molar refractivity (Wildman–Crippen MR) is 87.8 cm³/mol. The molecule has 22 heavy (non-hydrogen) atoms. The third-order valence-electron chi connectivity index (χ3n) is 4.54. The van der Waals surface area contributed by atoms with Crippen molar-refractivity contribution in [3.05, 3.63) is 21.9 Å². The highest BCUT2D eigenvalue weighted by atomic mass is 32.2. The van der Waals surface area contributed by atoms with Gasteiger partial charge in [-0.1, -0.05) is 6.92 Å². The van der Waals surface area contributed by atoms with Crippen molar-refractivity contribution in [2.24, 2.45) is 0 Å². The monoisotopic (exact) mass is 342 g/mol. The minimum absolute atomic E-state index is 0.0563. The zero-order valence-corrected chi connectivity index (χ0v) is 14.4. The maximum atomic E-state index is 12.2. The summed E-state index contributed by atoms with van der Waals surface area (Å²) in [7, 11) is -2.95. The van der Waals surface area contributed by atoms with Crippen LogP contribution in [0.5, 0.6) is 0 Å². The van der Waals surface area contributed by atoms with Gasteiger partial charge in [-0.2, -0.15) is 0 Å². The SMILES string of the molecule is CC[C@H]1c2ccsc2CCN1CC(=O)N[C@H]1CCS(=O)(=O)C1. The van der Waals surface area contributed by atoms with E-state index in [4.69, 9.17) is 0 Å². The van der Waals surface area contributed by atoms with Crippen molar-refractivity contribution in [2.45, 2.75) is 38.3 Å². The molecule has 0 bridgehead atoms. The lowest BCUT2D eigenvalue weighted by atomic mass is 9.98. The number of nitrogens with one attached hydrogen (secondary N) is 1. The molecule has 0 aromatic carbocycles. The molecule has 2 aliphatic rings. The molecule has 1 fully saturated rings. The highest BCUT2D eigenvalue weighted by Gasteiger charge is 2.31. The van der Waals surface area contributed by atoms with Crippen molar-refractivity contribution in [1.29, 1.82) is 0 Å². The topological polar surface area (TPSA) is 66.5 Å². The van der Waals surface area contributed by atoms with Gasteiger partial charge in [0.1, 0.15) is 0 Å². The van der Waals surface area contributed by atoms with Crippen LogP contribution in [-0.4, -0.2) is 49.9 Å². The highest BCUT2D eigenvalue weighted by Crippen LogP contribution is 2.34. The van der Waals surface area contributed by atoms with Gasteiger partial charge in [0.15, 0.2) is 9.84 Å². The molecule has 3 heterocycles. The molecule has 1 saturated heterocycles. The van der Waals surface area contributed by atoms with E-state index in [-0.39, 0.29) is 23.5 Å². The molecule has 0 saturated carbocycles. The Morgan fingerprint density at radius 2 is 2.32 bits per heavy atom. The van der Waals surface area contributed by atoms with E-state index in [1.54, 1.807) is 11.3 Å². The van der Waals surface area contributed by atoms with E-state index in [9.17, 15) is 13.2 Å². The molecule has 1 N–H and O–H groups in total. The lowest BCUT2D eigenvalue weighted by molar-refractivity contribution is -0.123.